The molecule has 1 N–H and O–H groups in total. The molecule has 3 aromatic rings. The Morgan fingerprint density at radius 1 is 0.938 bits per heavy atom. The fourth-order valence-corrected chi connectivity index (χ4v) is 5.99. The second kappa shape index (κ2) is 11.5. The summed E-state index contributed by atoms with van der Waals surface area (Å²) in [6.07, 6.45) is 0.898. The van der Waals surface area contributed by atoms with Crippen LogP contribution in [0.1, 0.15) is 47.4 Å². The monoisotopic (exact) mass is 495 g/mol. The van der Waals surface area contributed by atoms with E-state index in [1.165, 1.54) is 24.3 Å². The molecule has 1 atom stereocenters. The van der Waals surface area contributed by atoms with Crippen molar-refractivity contribution >= 4 is 30.9 Å². The summed E-state index contributed by atoms with van der Waals surface area (Å²) in [6, 6.07) is 24.4. The SMILES string of the molecule is CCCC[Se]/C(=C(\C(=O)c1ccccc1)C(O)c1ccc([N+](=O)[O-])cc1)c1ccccc1. The Bertz CT molecular complexity index is 1080. The summed E-state index contributed by atoms with van der Waals surface area (Å²) in [5, 5.41) is 23.4. The summed E-state index contributed by atoms with van der Waals surface area (Å²) in [5.41, 5.74) is 2.16. The van der Waals surface area contributed by atoms with Crippen molar-refractivity contribution in [1.29, 1.82) is 0 Å². The van der Waals surface area contributed by atoms with E-state index >= 15 is 0 Å². The summed E-state index contributed by atoms with van der Waals surface area (Å²) in [5.74, 6) is -0.228. The van der Waals surface area contributed by atoms with Crippen LogP contribution in [0.25, 0.3) is 4.47 Å². The Labute approximate surface area is 194 Å². The molecule has 3 aromatic carbocycles. The van der Waals surface area contributed by atoms with Crippen molar-refractivity contribution in [3.63, 3.8) is 0 Å². The van der Waals surface area contributed by atoms with Crippen LogP contribution in [0.2, 0.25) is 5.32 Å². The third-order valence-electron chi connectivity index (χ3n) is 5.00. The number of carbonyl (C=O) groups is 1. The van der Waals surface area contributed by atoms with Crippen LogP contribution in [0.4, 0.5) is 5.69 Å². The van der Waals surface area contributed by atoms with E-state index in [-0.39, 0.29) is 26.4 Å². The van der Waals surface area contributed by atoms with E-state index < -0.39 is 11.0 Å². The van der Waals surface area contributed by atoms with Crippen LogP contribution in [0.3, 0.4) is 0 Å². The molecule has 0 radical (unpaired) electrons. The number of nitro groups is 1. The fourth-order valence-electron chi connectivity index (χ4n) is 3.27. The predicted octanol–water partition coefficient (Wildman–Crippen LogP) is 5.85. The van der Waals surface area contributed by atoms with Crippen LogP contribution in [0.15, 0.2) is 90.5 Å². The molecule has 0 fully saturated rings. The van der Waals surface area contributed by atoms with Crippen LogP contribution in [0, 0.1) is 10.1 Å². The van der Waals surface area contributed by atoms with Crippen molar-refractivity contribution in [2.75, 3.05) is 0 Å². The Balaban J connectivity index is 2.16. The zero-order valence-corrected chi connectivity index (χ0v) is 19.5. The van der Waals surface area contributed by atoms with Gasteiger partial charge in [-0.1, -0.05) is 0 Å². The van der Waals surface area contributed by atoms with Gasteiger partial charge in [-0.2, -0.15) is 0 Å². The molecule has 0 aliphatic heterocycles. The van der Waals surface area contributed by atoms with Gasteiger partial charge in [-0.3, -0.25) is 0 Å². The van der Waals surface area contributed by atoms with Crippen molar-refractivity contribution in [3.8, 4) is 0 Å². The molecule has 0 heterocycles. The number of aliphatic hydroxyl groups excluding tert-OH is 1. The number of nitrogens with zero attached hydrogens (tertiary/aromatic N) is 1. The molecule has 0 aromatic heterocycles. The predicted molar refractivity (Wildman–Crippen MR) is 128 cm³/mol. The van der Waals surface area contributed by atoms with Crippen molar-refractivity contribution in [3.05, 3.63) is 117 Å². The van der Waals surface area contributed by atoms with E-state index in [4.69, 9.17) is 0 Å². The van der Waals surface area contributed by atoms with Crippen molar-refractivity contribution in [2.24, 2.45) is 0 Å². The summed E-state index contributed by atoms with van der Waals surface area (Å²) in [7, 11) is 0. The molecule has 164 valence electrons. The van der Waals surface area contributed by atoms with Gasteiger partial charge >= 0.3 is 194 Å². The Morgan fingerprint density at radius 3 is 2.03 bits per heavy atom. The molecule has 0 amide bonds. The number of benzene rings is 3. The van der Waals surface area contributed by atoms with Gasteiger partial charge in [-0.05, 0) is 0 Å². The van der Waals surface area contributed by atoms with Gasteiger partial charge in [0.25, 0.3) is 0 Å². The number of unbranched alkanes of at least 4 members (excludes halogenated alkanes) is 1. The zero-order chi connectivity index (χ0) is 22.9. The minimum absolute atomic E-state index is 0.0289. The third kappa shape index (κ3) is 5.80. The van der Waals surface area contributed by atoms with E-state index in [1.54, 1.807) is 24.3 Å². The Hall–Kier alpha value is -3.05. The summed E-state index contributed by atoms with van der Waals surface area (Å²) in [4.78, 5) is 24.2. The molecule has 0 spiro atoms. The number of hydrogen-bond acceptors (Lipinski definition) is 4. The van der Waals surface area contributed by atoms with Gasteiger partial charge in [-0.15, -0.1) is 0 Å². The van der Waals surface area contributed by atoms with E-state index in [9.17, 15) is 20.0 Å². The zero-order valence-electron chi connectivity index (χ0n) is 17.8. The molecule has 6 heteroatoms. The average Bonchev–Trinajstić information content (AvgIpc) is 2.84. The normalized spacial score (nSPS) is 12.7. The average molecular weight is 494 g/mol. The van der Waals surface area contributed by atoms with Gasteiger partial charge in [0, 0.05) is 0 Å². The maximum atomic E-state index is 13.7. The second-order valence-electron chi connectivity index (χ2n) is 7.26. The molecular weight excluding hydrogens is 469 g/mol. The maximum absolute atomic E-state index is 13.7. The van der Waals surface area contributed by atoms with Gasteiger partial charge < -0.3 is 0 Å². The first kappa shape index (κ1) is 23.6. The minimum atomic E-state index is -1.19. The molecule has 0 aliphatic rings. The standard InChI is InChI=1S/C26H25NO4Se/c1-2-3-18-32-26(21-12-8-5-9-13-21)23(24(28)19-10-6-4-7-11-19)25(29)20-14-16-22(17-15-20)27(30)31/h4-17,25,29H,2-3,18H2,1H3/b26-23+. The number of rotatable bonds is 10. The Morgan fingerprint density at radius 2 is 1.50 bits per heavy atom. The topological polar surface area (TPSA) is 80.4 Å². The van der Waals surface area contributed by atoms with E-state index in [2.05, 4.69) is 6.92 Å². The van der Waals surface area contributed by atoms with Crippen molar-refractivity contribution < 1.29 is 14.8 Å². The number of hydrogen-bond donors (Lipinski definition) is 1. The van der Waals surface area contributed by atoms with Gasteiger partial charge in [0.1, 0.15) is 0 Å². The molecule has 0 bridgehead atoms. The van der Waals surface area contributed by atoms with E-state index in [0.717, 1.165) is 28.2 Å². The number of Topliss-reactive ketones (excluding diaryl/α,β-unsaturated/α-hetero) is 1. The van der Waals surface area contributed by atoms with Crippen molar-refractivity contribution in [2.45, 2.75) is 31.2 Å². The fraction of sp³-hybridized carbons (Fsp3) is 0.192. The molecule has 3 rings (SSSR count). The van der Waals surface area contributed by atoms with Gasteiger partial charge in [-0.25, -0.2) is 0 Å². The second-order valence-corrected chi connectivity index (χ2v) is 9.58. The summed E-state index contributed by atoms with van der Waals surface area (Å²) < 4.78 is 0.867. The van der Waals surface area contributed by atoms with Crippen LogP contribution in [-0.4, -0.2) is 30.8 Å². The number of nitro benzene ring substituents is 1. The first-order valence-electron chi connectivity index (χ1n) is 10.5. The summed E-state index contributed by atoms with van der Waals surface area (Å²) >= 11 is -0.0289. The molecular formula is C26H25NO4Se. The molecule has 0 aliphatic carbocycles. The van der Waals surface area contributed by atoms with Gasteiger partial charge in [0.05, 0.1) is 0 Å². The Kier molecular flexibility index (Phi) is 8.51. The third-order valence-corrected chi connectivity index (χ3v) is 7.59. The first-order chi connectivity index (χ1) is 15.5. The van der Waals surface area contributed by atoms with Crippen LogP contribution in [-0.2, 0) is 0 Å². The van der Waals surface area contributed by atoms with Crippen LogP contribution in [0.5, 0.6) is 0 Å². The molecule has 0 saturated carbocycles. The number of aliphatic hydroxyl groups is 1. The van der Waals surface area contributed by atoms with Crippen LogP contribution >= 0.6 is 0 Å². The quantitative estimate of drug-likeness (QED) is 0.0958. The molecule has 0 saturated heterocycles. The van der Waals surface area contributed by atoms with E-state index in [0.29, 0.717) is 16.7 Å². The molecule has 32 heavy (non-hydrogen) atoms. The molecule has 5 nitrogen and oxygen atoms in total. The van der Waals surface area contributed by atoms with Gasteiger partial charge in [0.2, 0.25) is 0 Å². The first-order valence-corrected chi connectivity index (χ1v) is 12.5. The number of ketones is 1. The van der Waals surface area contributed by atoms with Crippen molar-refractivity contribution in [1.82, 2.24) is 0 Å². The van der Waals surface area contributed by atoms with Gasteiger partial charge in [0.15, 0.2) is 0 Å². The molecule has 1 unspecified atom stereocenters. The summed E-state index contributed by atoms with van der Waals surface area (Å²) in [6.45, 7) is 2.13. The van der Waals surface area contributed by atoms with Crippen LogP contribution < -0.4 is 0 Å². The van der Waals surface area contributed by atoms with E-state index in [1.807, 2.05) is 36.4 Å². The number of carbonyl (C=O) groups excluding carboxylic acids is 1. The number of non-ortho nitro benzene ring substituents is 1.